The van der Waals surface area contributed by atoms with Crippen LogP contribution in [0.5, 0.6) is 0 Å². The maximum Gasteiger partial charge on any atom is 0.261 e. The number of aliphatic hydroxyl groups is 1. The summed E-state index contributed by atoms with van der Waals surface area (Å²) in [6.07, 6.45) is 0.573. The Labute approximate surface area is 132 Å². The molecule has 0 spiro atoms. The van der Waals surface area contributed by atoms with Crippen LogP contribution in [0.15, 0.2) is 30.5 Å². The number of methoxy groups -OCH3 is 1. The normalized spacial score (nSPS) is 15.1. The van der Waals surface area contributed by atoms with E-state index in [2.05, 4.69) is 10.3 Å². The third-order valence-corrected chi connectivity index (χ3v) is 3.73. The lowest BCUT2D eigenvalue weighted by Crippen LogP contribution is -2.33. The van der Waals surface area contributed by atoms with Crippen LogP contribution < -0.4 is 0 Å². The maximum absolute atomic E-state index is 12.3. The molecule has 2 amide bonds. The summed E-state index contributed by atoms with van der Waals surface area (Å²) in [6.45, 7) is 0.518. The van der Waals surface area contributed by atoms with E-state index in [-0.39, 0.29) is 31.5 Å². The minimum absolute atomic E-state index is 0.111. The van der Waals surface area contributed by atoms with Gasteiger partial charge in [0, 0.05) is 13.7 Å². The highest BCUT2D eigenvalue weighted by molar-refractivity contribution is 6.21. The van der Waals surface area contributed by atoms with Crippen LogP contribution in [0.4, 0.5) is 0 Å². The summed E-state index contributed by atoms with van der Waals surface area (Å²) in [7, 11) is 1.48. The van der Waals surface area contributed by atoms with Gasteiger partial charge in [-0.15, -0.1) is 5.10 Å². The Morgan fingerprint density at radius 3 is 2.43 bits per heavy atom. The van der Waals surface area contributed by atoms with Crippen molar-refractivity contribution in [3.05, 3.63) is 47.3 Å². The second-order valence-electron chi connectivity index (χ2n) is 5.16. The third kappa shape index (κ3) is 2.73. The number of hydrogen-bond acceptors (Lipinski definition) is 6. The van der Waals surface area contributed by atoms with Crippen molar-refractivity contribution in [1.29, 1.82) is 0 Å². The van der Waals surface area contributed by atoms with E-state index in [1.54, 1.807) is 24.3 Å². The van der Waals surface area contributed by atoms with Gasteiger partial charge in [-0.1, -0.05) is 17.3 Å². The number of imide groups is 1. The number of fused-ring (bicyclic) bond motifs is 1. The van der Waals surface area contributed by atoms with Gasteiger partial charge in [-0.25, -0.2) is 4.68 Å². The molecular formula is C15H16N4O4. The molecule has 1 aromatic carbocycles. The molecule has 1 unspecified atom stereocenters. The van der Waals surface area contributed by atoms with Gasteiger partial charge < -0.3 is 9.84 Å². The van der Waals surface area contributed by atoms with Crippen LogP contribution in [-0.2, 0) is 11.3 Å². The molecule has 1 aliphatic rings. The van der Waals surface area contributed by atoms with Crippen LogP contribution in [0.25, 0.3) is 0 Å². The van der Waals surface area contributed by atoms with E-state index >= 15 is 0 Å². The molecule has 0 fully saturated rings. The van der Waals surface area contributed by atoms with Gasteiger partial charge in [0.2, 0.25) is 0 Å². The Balaban J connectivity index is 1.72. The predicted octanol–water partition coefficient (Wildman–Crippen LogP) is 0.254. The van der Waals surface area contributed by atoms with Crippen LogP contribution >= 0.6 is 0 Å². The number of aromatic nitrogens is 3. The largest absolute Gasteiger partial charge is 0.384 e. The summed E-state index contributed by atoms with van der Waals surface area (Å²) < 4.78 is 6.36. The third-order valence-electron chi connectivity index (χ3n) is 3.73. The molecule has 0 saturated heterocycles. The molecule has 0 saturated carbocycles. The van der Waals surface area contributed by atoms with Gasteiger partial charge in [0.1, 0.15) is 6.10 Å². The summed E-state index contributed by atoms with van der Waals surface area (Å²) in [5.41, 5.74) is 1.30. The first-order chi connectivity index (χ1) is 11.1. The monoisotopic (exact) mass is 316 g/mol. The molecule has 0 aliphatic carbocycles. The molecule has 2 heterocycles. The van der Waals surface area contributed by atoms with E-state index in [4.69, 9.17) is 4.74 Å². The van der Waals surface area contributed by atoms with Crippen LogP contribution in [0, 0.1) is 0 Å². The summed E-state index contributed by atoms with van der Waals surface area (Å²) in [5.74, 6) is -0.630. The number of benzene rings is 1. The number of carbonyl (C=O) groups excluding carboxylic acids is 2. The van der Waals surface area contributed by atoms with E-state index in [1.165, 1.54) is 22.9 Å². The average molecular weight is 316 g/mol. The van der Waals surface area contributed by atoms with Crippen molar-refractivity contribution >= 4 is 11.8 Å². The van der Waals surface area contributed by atoms with E-state index in [0.29, 0.717) is 16.8 Å². The molecule has 120 valence electrons. The van der Waals surface area contributed by atoms with Gasteiger partial charge in [0.25, 0.3) is 11.8 Å². The quantitative estimate of drug-likeness (QED) is 0.768. The summed E-state index contributed by atoms with van der Waals surface area (Å²) >= 11 is 0. The molecule has 8 heteroatoms. The van der Waals surface area contributed by atoms with Crippen molar-refractivity contribution in [3.63, 3.8) is 0 Å². The number of hydrogen-bond donors (Lipinski definition) is 1. The molecule has 8 nitrogen and oxygen atoms in total. The van der Waals surface area contributed by atoms with Crippen molar-refractivity contribution < 1.29 is 19.4 Å². The highest BCUT2D eigenvalue weighted by atomic mass is 16.5. The highest BCUT2D eigenvalue weighted by Gasteiger charge is 2.34. The zero-order chi connectivity index (χ0) is 16.4. The Bertz CT molecular complexity index is 708. The summed E-state index contributed by atoms with van der Waals surface area (Å²) in [4.78, 5) is 25.7. The molecular weight excluding hydrogens is 300 g/mol. The Morgan fingerprint density at radius 1 is 1.17 bits per heavy atom. The lowest BCUT2D eigenvalue weighted by atomic mass is 10.1. The lowest BCUT2D eigenvalue weighted by Gasteiger charge is -2.16. The molecule has 1 atom stereocenters. The first-order valence-electron chi connectivity index (χ1n) is 7.14. The van der Waals surface area contributed by atoms with E-state index in [1.807, 2.05) is 0 Å². The average Bonchev–Trinajstić information content (AvgIpc) is 3.11. The Hall–Kier alpha value is -2.58. The molecule has 0 radical (unpaired) electrons. The molecule has 2 aromatic rings. The van der Waals surface area contributed by atoms with Gasteiger partial charge in [-0.3, -0.25) is 14.5 Å². The van der Waals surface area contributed by atoms with Gasteiger partial charge in [0.15, 0.2) is 0 Å². The second kappa shape index (κ2) is 6.27. The number of nitrogens with zero attached hydrogens (tertiary/aromatic N) is 4. The van der Waals surface area contributed by atoms with Gasteiger partial charge in [0.05, 0.1) is 36.2 Å². The molecule has 0 bridgehead atoms. The van der Waals surface area contributed by atoms with Crippen LogP contribution in [-0.4, -0.2) is 57.1 Å². The molecule has 1 aromatic heterocycles. The predicted molar refractivity (Wildman–Crippen MR) is 78.7 cm³/mol. The number of aliphatic hydroxyl groups excluding tert-OH is 1. The first-order valence-corrected chi connectivity index (χ1v) is 7.14. The van der Waals surface area contributed by atoms with Crippen molar-refractivity contribution in [2.45, 2.75) is 12.6 Å². The molecule has 23 heavy (non-hydrogen) atoms. The Kier molecular flexibility index (Phi) is 4.18. The van der Waals surface area contributed by atoms with Crippen molar-refractivity contribution in [3.8, 4) is 0 Å². The molecule has 1 aliphatic heterocycles. The summed E-state index contributed by atoms with van der Waals surface area (Å²) in [5, 5.41) is 17.6. The SMILES string of the molecule is COCC(O)c1cnnn1CCN1C(=O)c2ccccc2C1=O. The summed E-state index contributed by atoms with van der Waals surface area (Å²) in [6, 6.07) is 6.73. The fourth-order valence-electron chi connectivity index (χ4n) is 2.58. The van der Waals surface area contributed by atoms with E-state index in [0.717, 1.165) is 0 Å². The molecule has 1 N–H and O–H groups in total. The number of ether oxygens (including phenoxy) is 1. The zero-order valence-corrected chi connectivity index (χ0v) is 12.5. The van der Waals surface area contributed by atoms with Crippen LogP contribution in [0.2, 0.25) is 0 Å². The molecule has 3 rings (SSSR count). The fraction of sp³-hybridized carbons (Fsp3) is 0.333. The number of amides is 2. The van der Waals surface area contributed by atoms with Crippen molar-refractivity contribution in [2.75, 3.05) is 20.3 Å². The van der Waals surface area contributed by atoms with E-state index < -0.39 is 6.10 Å². The van der Waals surface area contributed by atoms with Crippen molar-refractivity contribution in [1.82, 2.24) is 19.9 Å². The van der Waals surface area contributed by atoms with Crippen molar-refractivity contribution in [2.24, 2.45) is 0 Å². The van der Waals surface area contributed by atoms with E-state index in [9.17, 15) is 14.7 Å². The van der Waals surface area contributed by atoms with Gasteiger partial charge >= 0.3 is 0 Å². The fourth-order valence-corrected chi connectivity index (χ4v) is 2.58. The topological polar surface area (TPSA) is 97.6 Å². The number of carbonyl (C=O) groups is 2. The zero-order valence-electron chi connectivity index (χ0n) is 12.5. The van der Waals surface area contributed by atoms with Crippen LogP contribution in [0.1, 0.15) is 32.5 Å². The maximum atomic E-state index is 12.3. The standard InChI is InChI=1S/C15H16N4O4/c1-23-9-13(20)12-8-16-17-19(12)7-6-18-14(21)10-4-2-3-5-11(10)15(18)22/h2-5,8,13,20H,6-7,9H2,1H3. The lowest BCUT2D eigenvalue weighted by molar-refractivity contribution is 0.0569. The first kappa shape index (κ1) is 15.3. The number of rotatable bonds is 6. The minimum atomic E-state index is -0.864. The Morgan fingerprint density at radius 2 is 1.83 bits per heavy atom. The smallest absolute Gasteiger partial charge is 0.261 e. The minimum Gasteiger partial charge on any atom is -0.384 e. The highest BCUT2D eigenvalue weighted by Crippen LogP contribution is 2.22. The van der Waals surface area contributed by atoms with Gasteiger partial charge in [-0.2, -0.15) is 0 Å². The van der Waals surface area contributed by atoms with Crippen LogP contribution in [0.3, 0.4) is 0 Å². The second-order valence-corrected chi connectivity index (χ2v) is 5.16. The van der Waals surface area contributed by atoms with Gasteiger partial charge in [-0.05, 0) is 12.1 Å².